The third-order valence-corrected chi connectivity index (χ3v) is 6.22. The lowest BCUT2D eigenvalue weighted by atomic mass is 9.94. The number of aliphatic hydroxyl groups is 1. The smallest absolute Gasteiger partial charge is 0.339 e. The van der Waals surface area contributed by atoms with E-state index in [0.717, 1.165) is 5.56 Å². The van der Waals surface area contributed by atoms with E-state index >= 15 is 0 Å². The van der Waals surface area contributed by atoms with Crippen LogP contribution in [0.3, 0.4) is 0 Å². The van der Waals surface area contributed by atoms with Gasteiger partial charge in [0.1, 0.15) is 35.5 Å². The van der Waals surface area contributed by atoms with Crippen molar-refractivity contribution in [2.24, 2.45) is 0 Å². The van der Waals surface area contributed by atoms with Gasteiger partial charge in [-0.2, -0.15) is 0 Å². The van der Waals surface area contributed by atoms with E-state index in [9.17, 15) is 14.7 Å². The van der Waals surface area contributed by atoms with Crippen molar-refractivity contribution in [3.8, 4) is 17.2 Å². The average molecular weight is 540 g/mol. The average Bonchev–Trinajstić information content (AvgIpc) is 3.28. The number of hydrogen-bond donors (Lipinski definition) is 4. The summed E-state index contributed by atoms with van der Waals surface area (Å²) < 4.78 is 16.3. The molecule has 0 aliphatic heterocycles. The van der Waals surface area contributed by atoms with Crippen LogP contribution in [0.4, 0.5) is 0 Å². The molecule has 0 unspecified atom stereocenters. The molecule has 1 aromatic heterocycles. The van der Waals surface area contributed by atoms with Crippen molar-refractivity contribution in [3.63, 3.8) is 0 Å². The number of rotatable bonds is 11. The minimum Gasteiger partial charge on any atom is -0.489 e. The number of aliphatic hydroxyl groups excluding tert-OH is 1. The summed E-state index contributed by atoms with van der Waals surface area (Å²) >= 11 is 6.17. The van der Waals surface area contributed by atoms with Crippen molar-refractivity contribution in [1.29, 1.82) is 0 Å². The van der Waals surface area contributed by atoms with Crippen LogP contribution in [-0.4, -0.2) is 52.9 Å². The number of fused-ring (bicyclic) bond motifs is 1. The van der Waals surface area contributed by atoms with Crippen LogP contribution in [-0.2, 0) is 11.2 Å². The lowest BCUT2D eigenvalue weighted by Gasteiger charge is -2.28. The normalized spacial score (nSPS) is 12.3. The molecule has 1 atom stereocenters. The van der Waals surface area contributed by atoms with Gasteiger partial charge in [-0.1, -0.05) is 29.8 Å². The second-order valence-electron chi connectivity index (χ2n) is 9.54. The highest BCUT2D eigenvalue weighted by Gasteiger charge is 2.20. The molecule has 3 aromatic carbocycles. The highest BCUT2D eigenvalue weighted by atomic mass is 35.5. The number of methoxy groups -OCH3 is 1. The van der Waals surface area contributed by atoms with Gasteiger partial charge in [0, 0.05) is 18.2 Å². The minimum absolute atomic E-state index is 0.0755. The summed E-state index contributed by atoms with van der Waals surface area (Å²) in [6.07, 6.45) is -0.0342. The number of benzene rings is 3. The first-order valence-corrected chi connectivity index (χ1v) is 12.4. The Bertz CT molecular complexity index is 1460. The van der Waals surface area contributed by atoms with E-state index in [1.807, 2.05) is 24.3 Å². The third kappa shape index (κ3) is 6.95. The topological polar surface area (TPSA) is 126 Å². The van der Waals surface area contributed by atoms with E-state index in [0.29, 0.717) is 41.2 Å². The standard InChI is InChI=1S/C28H30ClN3O6/c1-28(2,30-15-18(33)16-37-24-6-4-5-23-25(24)32-27(35)31-23)14-17-7-9-19(10-8-17)38-20-11-12-21(22(29)13-20)26(34)36-3/h4-13,18,30,33H,14-16H2,1-3H3,(H2,31,32,35)/t18-/m0/s1. The Kier molecular flexibility index (Phi) is 8.41. The Morgan fingerprint density at radius 2 is 1.82 bits per heavy atom. The number of β-amino-alcohol motifs (C(OH)–C–C–N with tert-alkyl or cyclic N) is 1. The van der Waals surface area contributed by atoms with Gasteiger partial charge < -0.3 is 34.6 Å². The number of aromatic nitrogens is 2. The summed E-state index contributed by atoms with van der Waals surface area (Å²) in [5.74, 6) is 1.14. The molecule has 4 rings (SSSR count). The fraction of sp³-hybridized carbons (Fsp3) is 0.286. The molecule has 1 heterocycles. The summed E-state index contributed by atoms with van der Waals surface area (Å²) in [5, 5.41) is 14.1. The number of ether oxygens (including phenoxy) is 3. The van der Waals surface area contributed by atoms with Gasteiger partial charge in [0.25, 0.3) is 0 Å². The largest absolute Gasteiger partial charge is 0.489 e. The van der Waals surface area contributed by atoms with Crippen molar-refractivity contribution in [3.05, 3.63) is 87.3 Å². The molecule has 0 saturated carbocycles. The van der Waals surface area contributed by atoms with E-state index in [1.165, 1.54) is 7.11 Å². The molecule has 38 heavy (non-hydrogen) atoms. The number of nitrogens with one attached hydrogen (secondary N) is 3. The first-order valence-electron chi connectivity index (χ1n) is 12.0. The second-order valence-corrected chi connectivity index (χ2v) is 9.95. The lowest BCUT2D eigenvalue weighted by Crippen LogP contribution is -2.46. The molecule has 0 spiro atoms. The van der Waals surface area contributed by atoms with Crippen LogP contribution >= 0.6 is 11.6 Å². The van der Waals surface area contributed by atoms with Crippen LogP contribution in [0.2, 0.25) is 5.02 Å². The van der Waals surface area contributed by atoms with Gasteiger partial charge in [0.15, 0.2) is 0 Å². The highest BCUT2D eigenvalue weighted by Crippen LogP contribution is 2.28. The second kappa shape index (κ2) is 11.7. The highest BCUT2D eigenvalue weighted by molar-refractivity contribution is 6.33. The lowest BCUT2D eigenvalue weighted by molar-refractivity contribution is 0.0601. The number of hydrogen-bond acceptors (Lipinski definition) is 7. The van der Waals surface area contributed by atoms with Gasteiger partial charge in [0.05, 0.1) is 23.2 Å². The zero-order chi connectivity index (χ0) is 27.3. The Labute approximate surface area is 224 Å². The first kappa shape index (κ1) is 27.3. The summed E-state index contributed by atoms with van der Waals surface area (Å²) in [6, 6.07) is 17.8. The maximum Gasteiger partial charge on any atom is 0.339 e. The number of carbonyl (C=O) groups is 1. The molecular formula is C28H30ClN3O6. The molecule has 0 aliphatic rings. The molecule has 0 fully saturated rings. The van der Waals surface area contributed by atoms with Crippen molar-refractivity contribution in [2.45, 2.75) is 31.9 Å². The number of carbonyl (C=O) groups excluding carboxylic acids is 1. The number of halogens is 1. The van der Waals surface area contributed by atoms with E-state index in [1.54, 1.807) is 36.4 Å². The zero-order valence-corrected chi connectivity index (χ0v) is 22.1. The van der Waals surface area contributed by atoms with E-state index < -0.39 is 12.1 Å². The first-order chi connectivity index (χ1) is 18.1. The van der Waals surface area contributed by atoms with Crippen molar-refractivity contribution in [1.82, 2.24) is 15.3 Å². The molecule has 0 saturated heterocycles. The van der Waals surface area contributed by atoms with Crippen LogP contribution < -0.4 is 20.5 Å². The molecule has 4 aromatic rings. The van der Waals surface area contributed by atoms with Crippen LogP contribution in [0.15, 0.2) is 65.5 Å². The molecule has 0 aliphatic carbocycles. The molecule has 9 nitrogen and oxygen atoms in total. The number of imidazole rings is 1. The van der Waals surface area contributed by atoms with Crippen LogP contribution in [0.5, 0.6) is 17.2 Å². The summed E-state index contributed by atoms with van der Waals surface area (Å²) in [4.78, 5) is 28.6. The Morgan fingerprint density at radius 1 is 1.08 bits per heavy atom. The van der Waals surface area contributed by atoms with Crippen LogP contribution in [0.25, 0.3) is 11.0 Å². The Hall–Kier alpha value is -3.79. The quantitative estimate of drug-likeness (QED) is 0.208. The molecule has 10 heteroatoms. The van der Waals surface area contributed by atoms with Gasteiger partial charge in [-0.25, -0.2) is 9.59 Å². The summed E-state index contributed by atoms with van der Waals surface area (Å²) in [5.41, 5.74) is 1.98. The van der Waals surface area contributed by atoms with Gasteiger partial charge in [-0.3, -0.25) is 0 Å². The van der Waals surface area contributed by atoms with Crippen molar-refractivity contribution >= 4 is 28.6 Å². The Morgan fingerprint density at radius 3 is 2.53 bits per heavy atom. The van der Waals surface area contributed by atoms with E-state index in [2.05, 4.69) is 29.1 Å². The molecule has 200 valence electrons. The Balaban J connectivity index is 1.27. The van der Waals surface area contributed by atoms with E-state index in [4.69, 9.17) is 25.8 Å². The summed E-state index contributed by atoms with van der Waals surface area (Å²) in [7, 11) is 1.30. The summed E-state index contributed by atoms with van der Waals surface area (Å²) in [6.45, 7) is 4.52. The predicted octanol–water partition coefficient (Wildman–Crippen LogP) is 4.44. The van der Waals surface area contributed by atoms with Crippen molar-refractivity contribution in [2.75, 3.05) is 20.3 Å². The third-order valence-electron chi connectivity index (χ3n) is 5.91. The van der Waals surface area contributed by atoms with Gasteiger partial charge in [-0.05, 0) is 62.2 Å². The fourth-order valence-corrected chi connectivity index (χ4v) is 4.26. The van der Waals surface area contributed by atoms with Crippen LogP contribution in [0.1, 0.15) is 29.8 Å². The van der Waals surface area contributed by atoms with Gasteiger partial charge in [-0.15, -0.1) is 0 Å². The zero-order valence-electron chi connectivity index (χ0n) is 21.3. The number of para-hydroxylation sites is 1. The SMILES string of the molecule is COC(=O)c1ccc(Oc2ccc(CC(C)(C)NC[C@H](O)COc3cccc4[nH]c(=O)[nH]c34)cc2)cc1Cl. The molecule has 4 N–H and O–H groups in total. The van der Waals surface area contributed by atoms with Crippen LogP contribution in [0, 0.1) is 0 Å². The fourth-order valence-electron chi connectivity index (χ4n) is 4.01. The molecule has 0 radical (unpaired) electrons. The monoisotopic (exact) mass is 539 g/mol. The predicted molar refractivity (Wildman–Crippen MR) is 146 cm³/mol. The minimum atomic E-state index is -0.747. The number of H-pyrrole nitrogens is 2. The van der Waals surface area contributed by atoms with E-state index in [-0.39, 0.29) is 28.4 Å². The van der Waals surface area contributed by atoms with Crippen molar-refractivity contribution < 1.29 is 24.1 Å². The van der Waals surface area contributed by atoms with Gasteiger partial charge in [0.2, 0.25) is 0 Å². The molecule has 0 bridgehead atoms. The maximum atomic E-state index is 11.7. The number of esters is 1. The molecular weight excluding hydrogens is 510 g/mol. The molecule has 0 amide bonds. The van der Waals surface area contributed by atoms with Gasteiger partial charge >= 0.3 is 11.7 Å². The number of aromatic amines is 2. The maximum absolute atomic E-state index is 11.7.